The van der Waals surface area contributed by atoms with E-state index in [9.17, 15) is 13.2 Å². The molecular formula is C13H16ClF3O. The van der Waals surface area contributed by atoms with Gasteiger partial charge in [-0.25, -0.2) is 0 Å². The van der Waals surface area contributed by atoms with Crippen molar-refractivity contribution in [2.45, 2.75) is 19.0 Å². The lowest BCUT2D eigenvalue weighted by Gasteiger charge is -2.14. The van der Waals surface area contributed by atoms with Gasteiger partial charge in [-0.05, 0) is 24.3 Å². The summed E-state index contributed by atoms with van der Waals surface area (Å²) < 4.78 is 40.2. The van der Waals surface area contributed by atoms with Crippen molar-refractivity contribution in [2.24, 2.45) is 5.92 Å². The summed E-state index contributed by atoms with van der Waals surface area (Å²) in [5, 5.41) is 0. The van der Waals surface area contributed by atoms with Crippen LogP contribution in [0.3, 0.4) is 0 Å². The van der Waals surface area contributed by atoms with Crippen molar-refractivity contribution in [1.82, 2.24) is 0 Å². The highest BCUT2D eigenvalue weighted by molar-refractivity contribution is 6.18. The standard InChI is InChI=1S/C13H16ClF3O/c14-9-12(6-7-18-10-13(15,16)17)8-11-4-2-1-3-5-11/h1-5,12H,6-10H2. The van der Waals surface area contributed by atoms with Crippen LogP contribution in [-0.2, 0) is 11.2 Å². The number of alkyl halides is 4. The second-order valence-electron chi connectivity index (χ2n) is 4.17. The van der Waals surface area contributed by atoms with Gasteiger partial charge in [0.15, 0.2) is 0 Å². The SMILES string of the molecule is FC(F)(F)COCCC(CCl)Cc1ccccc1. The number of hydrogen-bond donors (Lipinski definition) is 0. The smallest absolute Gasteiger partial charge is 0.372 e. The van der Waals surface area contributed by atoms with Crippen LogP contribution in [0.2, 0.25) is 0 Å². The van der Waals surface area contributed by atoms with Gasteiger partial charge < -0.3 is 4.74 Å². The van der Waals surface area contributed by atoms with Crippen molar-refractivity contribution in [1.29, 1.82) is 0 Å². The molecule has 102 valence electrons. The fourth-order valence-electron chi connectivity index (χ4n) is 1.62. The molecule has 0 bridgehead atoms. The molecule has 1 rings (SSSR count). The molecule has 18 heavy (non-hydrogen) atoms. The van der Waals surface area contributed by atoms with Crippen LogP contribution in [-0.4, -0.2) is 25.3 Å². The van der Waals surface area contributed by atoms with Crippen LogP contribution in [0.1, 0.15) is 12.0 Å². The first-order valence-corrected chi connectivity index (χ1v) is 6.29. The van der Waals surface area contributed by atoms with Gasteiger partial charge in [-0.15, -0.1) is 11.6 Å². The van der Waals surface area contributed by atoms with Gasteiger partial charge in [0.05, 0.1) is 0 Å². The van der Waals surface area contributed by atoms with Gasteiger partial charge in [-0.2, -0.15) is 13.2 Å². The zero-order valence-corrected chi connectivity index (χ0v) is 10.7. The van der Waals surface area contributed by atoms with Gasteiger partial charge in [0.2, 0.25) is 0 Å². The van der Waals surface area contributed by atoms with Crippen molar-refractivity contribution in [3.63, 3.8) is 0 Å². The lowest BCUT2D eigenvalue weighted by Crippen LogP contribution is -2.19. The minimum atomic E-state index is -4.25. The monoisotopic (exact) mass is 280 g/mol. The maximum absolute atomic E-state index is 11.9. The van der Waals surface area contributed by atoms with Crippen LogP contribution in [0.25, 0.3) is 0 Å². The molecule has 0 aliphatic heterocycles. The zero-order chi connectivity index (χ0) is 13.4. The van der Waals surface area contributed by atoms with Crippen molar-refractivity contribution in [2.75, 3.05) is 19.1 Å². The fraction of sp³-hybridized carbons (Fsp3) is 0.538. The molecule has 1 atom stereocenters. The van der Waals surface area contributed by atoms with Crippen LogP contribution in [0.5, 0.6) is 0 Å². The van der Waals surface area contributed by atoms with Gasteiger partial charge in [-0.1, -0.05) is 30.3 Å². The molecule has 0 spiro atoms. The molecule has 5 heteroatoms. The summed E-state index contributed by atoms with van der Waals surface area (Å²) in [6, 6.07) is 9.75. The first-order chi connectivity index (χ1) is 8.51. The Labute approximate surface area is 110 Å². The van der Waals surface area contributed by atoms with E-state index < -0.39 is 12.8 Å². The Morgan fingerprint density at radius 1 is 1.17 bits per heavy atom. The number of rotatable bonds is 7. The van der Waals surface area contributed by atoms with Crippen molar-refractivity contribution < 1.29 is 17.9 Å². The summed E-state index contributed by atoms with van der Waals surface area (Å²) in [5.41, 5.74) is 1.14. The number of ether oxygens (including phenoxy) is 1. The number of benzene rings is 1. The van der Waals surface area contributed by atoms with Crippen LogP contribution in [0, 0.1) is 5.92 Å². The highest BCUT2D eigenvalue weighted by Crippen LogP contribution is 2.17. The highest BCUT2D eigenvalue weighted by Gasteiger charge is 2.27. The Morgan fingerprint density at radius 3 is 2.39 bits per heavy atom. The summed E-state index contributed by atoms with van der Waals surface area (Å²) in [6.07, 6.45) is -2.95. The molecule has 1 aromatic rings. The Bertz CT molecular complexity index is 327. The van der Waals surface area contributed by atoms with E-state index in [1.165, 1.54) is 0 Å². The topological polar surface area (TPSA) is 9.23 Å². The molecule has 1 aromatic carbocycles. The second-order valence-corrected chi connectivity index (χ2v) is 4.48. The molecule has 1 unspecified atom stereocenters. The summed E-state index contributed by atoms with van der Waals surface area (Å²) >= 11 is 5.81. The quantitative estimate of drug-likeness (QED) is 0.541. The van der Waals surface area contributed by atoms with Crippen molar-refractivity contribution in [3.05, 3.63) is 35.9 Å². The molecule has 0 saturated heterocycles. The summed E-state index contributed by atoms with van der Waals surface area (Å²) in [5.74, 6) is 0.562. The molecular weight excluding hydrogens is 265 g/mol. The third-order valence-electron chi connectivity index (χ3n) is 2.52. The minimum absolute atomic E-state index is 0.0870. The van der Waals surface area contributed by atoms with E-state index in [1.54, 1.807) is 0 Å². The Morgan fingerprint density at radius 2 is 1.83 bits per heavy atom. The lowest BCUT2D eigenvalue weighted by atomic mass is 9.98. The summed E-state index contributed by atoms with van der Waals surface area (Å²) in [7, 11) is 0. The molecule has 0 heterocycles. The Balaban J connectivity index is 2.26. The van der Waals surface area contributed by atoms with E-state index in [-0.39, 0.29) is 12.5 Å². The van der Waals surface area contributed by atoms with Crippen LogP contribution in [0.4, 0.5) is 13.2 Å². The van der Waals surface area contributed by atoms with E-state index in [2.05, 4.69) is 4.74 Å². The molecule has 0 aromatic heterocycles. The van der Waals surface area contributed by atoms with Crippen molar-refractivity contribution in [3.8, 4) is 0 Å². The van der Waals surface area contributed by atoms with Crippen LogP contribution >= 0.6 is 11.6 Å². The lowest BCUT2D eigenvalue weighted by molar-refractivity contribution is -0.174. The first-order valence-electron chi connectivity index (χ1n) is 5.75. The minimum Gasteiger partial charge on any atom is -0.372 e. The zero-order valence-electron chi connectivity index (χ0n) is 9.92. The maximum Gasteiger partial charge on any atom is 0.411 e. The average molecular weight is 281 g/mol. The average Bonchev–Trinajstić information content (AvgIpc) is 2.33. The van der Waals surface area contributed by atoms with Gasteiger partial charge in [0, 0.05) is 12.5 Å². The predicted octanol–water partition coefficient (Wildman–Crippen LogP) is 4.05. The van der Waals surface area contributed by atoms with Gasteiger partial charge in [0.1, 0.15) is 6.61 Å². The van der Waals surface area contributed by atoms with E-state index in [4.69, 9.17) is 11.6 Å². The molecule has 0 radical (unpaired) electrons. The molecule has 0 N–H and O–H groups in total. The highest BCUT2D eigenvalue weighted by atomic mass is 35.5. The normalized spacial score (nSPS) is 13.6. The van der Waals surface area contributed by atoms with E-state index in [0.29, 0.717) is 12.3 Å². The summed E-state index contributed by atoms with van der Waals surface area (Å²) in [6.45, 7) is -1.10. The molecule has 0 amide bonds. The largest absolute Gasteiger partial charge is 0.411 e. The fourth-order valence-corrected chi connectivity index (χ4v) is 1.88. The first kappa shape index (κ1) is 15.3. The van der Waals surface area contributed by atoms with Crippen molar-refractivity contribution >= 4 is 11.6 Å². The molecule has 0 aliphatic rings. The van der Waals surface area contributed by atoms with E-state index in [1.807, 2.05) is 30.3 Å². The molecule has 0 aliphatic carbocycles. The second kappa shape index (κ2) is 7.64. The maximum atomic E-state index is 11.9. The van der Waals surface area contributed by atoms with Gasteiger partial charge >= 0.3 is 6.18 Å². The third kappa shape index (κ3) is 6.87. The molecule has 1 nitrogen and oxygen atoms in total. The van der Waals surface area contributed by atoms with Crippen LogP contribution in [0.15, 0.2) is 30.3 Å². The van der Waals surface area contributed by atoms with Gasteiger partial charge in [-0.3, -0.25) is 0 Å². The third-order valence-corrected chi connectivity index (χ3v) is 2.96. The predicted molar refractivity (Wildman–Crippen MR) is 65.8 cm³/mol. The molecule has 0 saturated carbocycles. The Kier molecular flexibility index (Phi) is 6.50. The van der Waals surface area contributed by atoms with Crippen LogP contribution < -0.4 is 0 Å². The summed E-state index contributed by atoms with van der Waals surface area (Å²) in [4.78, 5) is 0. The number of hydrogen-bond acceptors (Lipinski definition) is 1. The Hall–Kier alpha value is -0.740. The van der Waals surface area contributed by atoms with E-state index >= 15 is 0 Å². The van der Waals surface area contributed by atoms with Gasteiger partial charge in [0.25, 0.3) is 0 Å². The molecule has 0 fully saturated rings. The number of halogens is 4. The van der Waals surface area contributed by atoms with E-state index in [0.717, 1.165) is 12.0 Å².